The Hall–Kier alpha value is -2.79. The van der Waals surface area contributed by atoms with Crippen molar-refractivity contribution in [2.75, 3.05) is 12.8 Å². The number of pyridine rings is 1. The molecule has 0 saturated heterocycles. The van der Waals surface area contributed by atoms with Crippen molar-refractivity contribution in [3.05, 3.63) is 65.0 Å². The number of nitrogens with two attached hydrogens (primary N) is 1. The highest BCUT2D eigenvalue weighted by atomic mass is 35.5. The normalized spacial score (nSPS) is 11.2. The molecular formula is C18H16ClN3O2. The molecule has 0 aliphatic heterocycles. The lowest BCUT2D eigenvalue weighted by Crippen LogP contribution is -2.23. The van der Waals surface area contributed by atoms with Crippen LogP contribution in [0.1, 0.15) is 11.3 Å². The summed E-state index contributed by atoms with van der Waals surface area (Å²) in [5.41, 5.74) is 7.04. The number of rotatable bonds is 4. The molecule has 6 heteroatoms. The third-order valence-electron chi connectivity index (χ3n) is 3.59. The topological polar surface area (TPSA) is 72.4 Å². The number of nitrogens with zero attached hydrogens (tertiary/aromatic N) is 2. The van der Waals surface area contributed by atoms with E-state index in [0.29, 0.717) is 22.2 Å². The van der Waals surface area contributed by atoms with E-state index in [4.69, 9.17) is 21.8 Å². The highest BCUT2D eigenvalue weighted by molar-refractivity contribution is 6.36. The molecule has 2 N–H and O–H groups in total. The number of aromatic nitrogens is 1. The van der Waals surface area contributed by atoms with Crippen molar-refractivity contribution < 1.29 is 9.21 Å². The number of hydrogen-bond donors (Lipinski definition) is 1. The van der Waals surface area contributed by atoms with Gasteiger partial charge in [0.15, 0.2) is 0 Å². The molecule has 2 heterocycles. The highest BCUT2D eigenvalue weighted by Crippen LogP contribution is 2.30. The summed E-state index contributed by atoms with van der Waals surface area (Å²) >= 11 is 6.32. The second-order valence-corrected chi connectivity index (χ2v) is 5.76. The lowest BCUT2D eigenvalue weighted by atomic mass is 10.2. The number of benzene rings is 1. The Kier molecular flexibility index (Phi) is 4.53. The van der Waals surface area contributed by atoms with Gasteiger partial charge in [-0.3, -0.25) is 4.79 Å². The van der Waals surface area contributed by atoms with Gasteiger partial charge in [-0.2, -0.15) is 0 Å². The van der Waals surface area contributed by atoms with Crippen LogP contribution in [0.25, 0.3) is 17.0 Å². The van der Waals surface area contributed by atoms with Crippen LogP contribution in [-0.4, -0.2) is 22.8 Å². The fraction of sp³-hybridized carbons (Fsp3) is 0.111. The van der Waals surface area contributed by atoms with E-state index in [1.165, 1.54) is 11.0 Å². The third-order valence-corrected chi connectivity index (χ3v) is 4.00. The van der Waals surface area contributed by atoms with Crippen LogP contribution in [0.5, 0.6) is 0 Å². The van der Waals surface area contributed by atoms with E-state index >= 15 is 0 Å². The summed E-state index contributed by atoms with van der Waals surface area (Å²) in [5.74, 6) is 0.842. The summed E-state index contributed by atoms with van der Waals surface area (Å²) in [4.78, 5) is 17.7. The SMILES string of the molecule is CN(Cc1oc2ccccc2c1Cl)C(=O)C=Cc1ccc(N)nc1. The number of halogens is 1. The number of fused-ring (bicyclic) bond motifs is 1. The number of anilines is 1. The van der Waals surface area contributed by atoms with Crippen LogP contribution in [-0.2, 0) is 11.3 Å². The fourth-order valence-corrected chi connectivity index (χ4v) is 2.52. The first-order valence-electron chi connectivity index (χ1n) is 7.35. The Balaban J connectivity index is 1.71. The summed E-state index contributed by atoms with van der Waals surface area (Å²) in [5, 5.41) is 1.38. The van der Waals surface area contributed by atoms with Gasteiger partial charge < -0.3 is 15.1 Å². The monoisotopic (exact) mass is 341 g/mol. The molecule has 1 amide bonds. The predicted octanol–water partition coefficient (Wildman–Crippen LogP) is 3.74. The van der Waals surface area contributed by atoms with Crippen LogP contribution in [0.2, 0.25) is 5.02 Å². The van der Waals surface area contributed by atoms with Crippen molar-refractivity contribution in [1.29, 1.82) is 0 Å². The van der Waals surface area contributed by atoms with Crippen LogP contribution in [0.4, 0.5) is 5.82 Å². The van der Waals surface area contributed by atoms with Gasteiger partial charge >= 0.3 is 0 Å². The molecule has 0 aliphatic rings. The van der Waals surface area contributed by atoms with Crippen molar-refractivity contribution in [1.82, 2.24) is 9.88 Å². The minimum absolute atomic E-state index is 0.164. The second-order valence-electron chi connectivity index (χ2n) is 5.38. The average Bonchev–Trinajstić information content (AvgIpc) is 2.90. The van der Waals surface area contributed by atoms with Crippen LogP contribution in [0.15, 0.2) is 53.1 Å². The molecule has 0 atom stereocenters. The molecule has 2 aromatic heterocycles. The Labute approximate surface area is 144 Å². The summed E-state index contributed by atoms with van der Waals surface area (Å²) < 4.78 is 5.72. The first-order valence-corrected chi connectivity index (χ1v) is 7.73. The molecule has 1 aromatic carbocycles. The predicted molar refractivity (Wildman–Crippen MR) is 95.4 cm³/mol. The van der Waals surface area contributed by atoms with Gasteiger partial charge in [0, 0.05) is 24.7 Å². The van der Waals surface area contributed by atoms with Gasteiger partial charge in [-0.05, 0) is 35.9 Å². The molecular weight excluding hydrogens is 326 g/mol. The van der Waals surface area contributed by atoms with E-state index in [0.717, 1.165) is 10.9 Å². The largest absolute Gasteiger partial charge is 0.458 e. The van der Waals surface area contributed by atoms with Crippen LogP contribution in [0, 0.1) is 0 Å². The third kappa shape index (κ3) is 3.41. The summed E-state index contributed by atoms with van der Waals surface area (Å²) in [7, 11) is 1.69. The molecule has 0 unspecified atom stereocenters. The Morgan fingerprint density at radius 2 is 2.12 bits per heavy atom. The zero-order chi connectivity index (χ0) is 17.1. The van der Waals surface area contributed by atoms with Crippen LogP contribution >= 0.6 is 11.6 Å². The fourth-order valence-electron chi connectivity index (χ4n) is 2.27. The van der Waals surface area contributed by atoms with Gasteiger partial charge in [-0.1, -0.05) is 23.7 Å². The standard InChI is InChI=1S/C18H16ClN3O2/c1-22(17(23)9-7-12-6-8-16(20)21-10-12)11-15-18(19)13-4-2-3-5-14(13)24-15/h2-10H,11H2,1H3,(H2,20,21). The molecule has 24 heavy (non-hydrogen) atoms. The number of hydrogen-bond acceptors (Lipinski definition) is 4. The van der Waals surface area contributed by atoms with E-state index in [9.17, 15) is 4.79 Å². The molecule has 122 valence electrons. The van der Waals surface area contributed by atoms with Gasteiger partial charge in [-0.15, -0.1) is 0 Å². The van der Waals surface area contributed by atoms with Crippen molar-refractivity contribution in [2.24, 2.45) is 0 Å². The molecule has 3 aromatic rings. The first kappa shape index (κ1) is 16.1. The number of carbonyl (C=O) groups is 1. The quantitative estimate of drug-likeness (QED) is 0.734. The Bertz CT molecular complexity index is 900. The number of furan rings is 1. The number of nitrogen functional groups attached to an aromatic ring is 1. The van der Waals surface area contributed by atoms with Gasteiger partial charge in [0.05, 0.1) is 11.6 Å². The van der Waals surface area contributed by atoms with Crippen molar-refractivity contribution in [2.45, 2.75) is 6.54 Å². The number of para-hydroxylation sites is 1. The van der Waals surface area contributed by atoms with Crippen molar-refractivity contribution >= 4 is 40.4 Å². The van der Waals surface area contributed by atoms with E-state index in [1.54, 1.807) is 31.5 Å². The van der Waals surface area contributed by atoms with Gasteiger partial charge in [0.2, 0.25) is 5.91 Å². The van der Waals surface area contributed by atoms with E-state index in [1.807, 2.05) is 24.3 Å². The van der Waals surface area contributed by atoms with Crippen molar-refractivity contribution in [3.8, 4) is 0 Å². The van der Waals surface area contributed by atoms with Gasteiger partial charge in [0.1, 0.15) is 17.2 Å². The molecule has 0 spiro atoms. The maximum Gasteiger partial charge on any atom is 0.246 e. The second kappa shape index (κ2) is 6.76. The minimum Gasteiger partial charge on any atom is -0.458 e. The maximum absolute atomic E-state index is 12.2. The van der Waals surface area contributed by atoms with E-state index in [2.05, 4.69) is 4.98 Å². The Morgan fingerprint density at radius 3 is 2.83 bits per heavy atom. The van der Waals surface area contributed by atoms with E-state index < -0.39 is 0 Å². The molecule has 3 rings (SSSR count). The molecule has 0 bridgehead atoms. The maximum atomic E-state index is 12.2. The smallest absolute Gasteiger partial charge is 0.246 e. The highest BCUT2D eigenvalue weighted by Gasteiger charge is 2.15. The number of likely N-dealkylation sites (N-methyl/N-ethyl adjacent to an activating group) is 1. The lowest BCUT2D eigenvalue weighted by molar-refractivity contribution is -0.125. The number of amides is 1. The molecule has 0 fully saturated rings. The first-order chi connectivity index (χ1) is 11.5. The average molecular weight is 342 g/mol. The molecule has 5 nitrogen and oxygen atoms in total. The minimum atomic E-state index is -0.164. The zero-order valence-corrected chi connectivity index (χ0v) is 13.8. The Morgan fingerprint density at radius 1 is 1.33 bits per heavy atom. The molecule has 0 saturated carbocycles. The summed E-state index contributed by atoms with van der Waals surface area (Å²) in [6.07, 6.45) is 4.77. The summed E-state index contributed by atoms with van der Waals surface area (Å²) in [6, 6.07) is 11.0. The van der Waals surface area contributed by atoms with Crippen LogP contribution < -0.4 is 5.73 Å². The van der Waals surface area contributed by atoms with Gasteiger partial charge in [0.25, 0.3) is 0 Å². The zero-order valence-electron chi connectivity index (χ0n) is 13.1. The number of carbonyl (C=O) groups excluding carboxylic acids is 1. The molecule has 0 radical (unpaired) electrons. The van der Waals surface area contributed by atoms with Gasteiger partial charge in [-0.25, -0.2) is 4.98 Å². The van der Waals surface area contributed by atoms with E-state index in [-0.39, 0.29) is 12.5 Å². The van der Waals surface area contributed by atoms with Crippen molar-refractivity contribution in [3.63, 3.8) is 0 Å². The van der Waals surface area contributed by atoms with Crippen LogP contribution in [0.3, 0.4) is 0 Å². The molecule has 0 aliphatic carbocycles. The summed E-state index contributed by atoms with van der Waals surface area (Å²) in [6.45, 7) is 0.288. The lowest BCUT2D eigenvalue weighted by Gasteiger charge is -2.13.